The lowest BCUT2D eigenvalue weighted by molar-refractivity contribution is -0.114. The van der Waals surface area contributed by atoms with Crippen LogP contribution >= 0.6 is 22.9 Å². The van der Waals surface area contributed by atoms with E-state index >= 15 is 0 Å². The molecule has 4 heterocycles. The maximum absolute atomic E-state index is 13.3. The first kappa shape index (κ1) is 23.5. The molecule has 2 fully saturated rings. The average Bonchev–Trinajstić information content (AvgIpc) is 3.70. The molecule has 1 saturated carbocycles. The third-order valence-electron chi connectivity index (χ3n) is 7.82. The Morgan fingerprint density at radius 1 is 1.18 bits per heavy atom. The number of amides is 2. The van der Waals surface area contributed by atoms with Crippen LogP contribution in [-0.4, -0.2) is 49.0 Å². The number of piperidine rings is 1. The van der Waals surface area contributed by atoms with Crippen molar-refractivity contribution in [3.05, 3.63) is 64.6 Å². The predicted octanol–water partition coefficient (Wildman–Crippen LogP) is 5.39. The second kappa shape index (κ2) is 9.03. The van der Waals surface area contributed by atoms with Gasteiger partial charge in [0.15, 0.2) is 5.13 Å². The molecule has 1 saturated heterocycles. The second-order valence-electron chi connectivity index (χ2n) is 10.3. The highest BCUT2D eigenvalue weighted by Crippen LogP contribution is 2.45. The fraction of sp³-hybridized carbons (Fsp3) is 0.321. The van der Waals surface area contributed by atoms with Crippen molar-refractivity contribution in [1.82, 2.24) is 24.6 Å². The third-order valence-corrected chi connectivity index (χ3v) is 9.14. The number of pyridine rings is 1. The summed E-state index contributed by atoms with van der Waals surface area (Å²) in [5.41, 5.74) is 6.00. The van der Waals surface area contributed by atoms with E-state index < -0.39 is 0 Å². The summed E-state index contributed by atoms with van der Waals surface area (Å²) in [5.74, 6) is 0.528. The van der Waals surface area contributed by atoms with Gasteiger partial charge in [0, 0.05) is 48.6 Å². The smallest absolute Gasteiger partial charge is 0.254 e. The molecule has 192 valence electrons. The Morgan fingerprint density at radius 2 is 2.08 bits per heavy atom. The van der Waals surface area contributed by atoms with Crippen LogP contribution in [0.15, 0.2) is 42.7 Å². The minimum absolute atomic E-state index is 0.0499. The number of benzene rings is 1. The Kier molecular flexibility index (Phi) is 5.59. The maximum atomic E-state index is 13.3. The summed E-state index contributed by atoms with van der Waals surface area (Å²) in [6.45, 7) is 2.32. The van der Waals surface area contributed by atoms with Gasteiger partial charge in [0.05, 0.1) is 32.7 Å². The Balaban J connectivity index is 1.33. The molecule has 3 aromatic heterocycles. The normalized spacial score (nSPS) is 19.4. The summed E-state index contributed by atoms with van der Waals surface area (Å²) in [5, 5.41) is 8.88. The molecule has 8 nitrogen and oxygen atoms in total. The largest absolute Gasteiger partial charge is 0.335 e. The molecule has 2 atom stereocenters. The Bertz CT molecular complexity index is 1600. The van der Waals surface area contributed by atoms with E-state index in [2.05, 4.69) is 15.3 Å². The van der Waals surface area contributed by atoms with Gasteiger partial charge in [-0.25, -0.2) is 9.67 Å². The molecule has 7 rings (SSSR count). The molecule has 2 aliphatic carbocycles. The summed E-state index contributed by atoms with van der Waals surface area (Å²) in [7, 11) is 0. The van der Waals surface area contributed by atoms with Crippen molar-refractivity contribution in [3.8, 4) is 27.5 Å². The summed E-state index contributed by atoms with van der Waals surface area (Å²) in [6, 6.07) is 9.75. The molecule has 1 aliphatic heterocycles. The van der Waals surface area contributed by atoms with Crippen molar-refractivity contribution < 1.29 is 9.59 Å². The molecule has 0 spiro atoms. The van der Waals surface area contributed by atoms with Crippen molar-refractivity contribution in [1.29, 1.82) is 0 Å². The highest BCUT2D eigenvalue weighted by molar-refractivity contribution is 7.19. The van der Waals surface area contributed by atoms with Crippen LogP contribution in [0.5, 0.6) is 0 Å². The van der Waals surface area contributed by atoms with E-state index in [9.17, 15) is 9.59 Å². The molecule has 1 aromatic carbocycles. The fourth-order valence-electron chi connectivity index (χ4n) is 6.13. The number of carbonyl (C=O) groups is 2. The van der Waals surface area contributed by atoms with Crippen LogP contribution in [0.1, 0.15) is 47.8 Å². The lowest BCUT2D eigenvalue weighted by Gasteiger charge is -2.27. The molecule has 1 N–H and O–H groups in total. The van der Waals surface area contributed by atoms with Crippen LogP contribution < -0.4 is 5.32 Å². The Morgan fingerprint density at radius 3 is 2.79 bits per heavy atom. The first-order chi connectivity index (χ1) is 18.5. The molecule has 2 amide bonds. The topological polar surface area (TPSA) is 93.0 Å². The number of fused-ring (bicyclic) bond motifs is 5. The molecule has 2 bridgehead atoms. The van der Waals surface area contributed by atoms with Crippen LogP contribution in [0.25, 0.3) is 27.5 Å². The van der Waals surface area contributed by atoms with Gasteiger partial charge >= 0.3 is 0 Å². The highest BCUT2D eigenvalue weighted by Gasteiger charge is 2.40. The number of likely N-dealkylation sites (tertiary alicyclic amines) is 1. The summed E-state index contributed by atoms with van der Waals surface area (Å²) in [4.78, 5) is 37.0. The van der Waals surface area contributed by atoms with Gasteiger partial charge in [-0.05, 0) is 68.4 Å². The van der Waals surface area contributed by atoms with E-state index in [4.69, 9.17) is 16.7 Å². The summed E-state index contributed by atoms with van der Waals surface area (Å²) >= 11 is 8.32. The van der Waals surface area contributed by atoms with E-state index in [1.165, 1.54) is 24.7 Å². The van der Waals surface area contributed by atoms with Gasteiger partial charge in [0.2, 0.25) is 5.91 Å². The predicted molar refractivity (Wildman–Crippen MR) is 147 cm³/mol. The standard InChI is InChI=1S/C28H25ClN6O2S/c1-15(36)31-28-32-22-8-7-20-24(18-3-2-10-30-13-18)33-35(25(20)26(22)38-28)23-9-5-17(12-21(23)29)27(37)34-14-16-4-6-19(34)11-16/h2-3,5,9-10,12-13,16,19H,4,6-8,11,14H2,1H3,(H,31,32,36). The molecule has 38 heavy (non-hydrogen) atoms. The van der Waals surface area contributed by atoms with Crippen LogP contribution in [0.2, 0.25) is 5.02 Å². The molecule has 3 aliphatic rings. The maximum Gasteiger partial charge on any atom is 0.254 e. The van der Waals surface area contributed by atoms with Crippen molar-refractivity contribution in [2.24, 2.45) is 5.92 Å². The number of aryl methyl sites for hydroxylation is 1. The number of anilines is 1. The van der Waals surface area contributed by atoms with Crippen molar-refractivity contribution >= 4 is 39.9 Å². The van der Waals surface area contributed by atoms with Gasteiger partial charge in [-0.15, -0.1) is 0 Å². The number of halogens is 1. The van der Waals surface area contributed by atoms with Crippen LogP contribution in [0.4, 0.5) is 5.13 Å². The van der Waals surface area contributed by atoms with Crippen molar-refractivity contribution in [2.75, 3.05) is 11.9 Å². The second-order valence-corrected chi connectivity index (χ2v) is 11.7. The minimum atomic E-state index is -0.157. The van der Waals surface area contributed by atoms with Crippen LogP contribution in [0, 0.1) is 5.92 Å². The van der Waals surface area contributed by atoms with E-state index in [1.54, 1.807) is 12.3 Å². The summed E-state index contributed by atoms with van der Waals surface area (Å²) < 4.78 is 1.86. The van der Waals surface area contributed by atoms with Crippen LogP contribution in [-0.2, 0) is 17.6 Å². The number of aromatic nitrogens is 4. The number of nitrogens with zero attached hydrogens (tertiary/aromatic N) is 5. The number of nitrogens with one attached hydrogen (secondary N) is 1. The van der Waals surface area contributed by atoms with Gasteiger partial charge in [-0.1, -0.05) is 22.9 Å². The van der Waals surface area contributed by atoms with E-state index in [0.29, 0.717) is 33.4 Å². The number of hydrogen-bond donors (Lipinski definition) is 1. The minimum Gasteiger partial charge on any atom is -0.335 e. The number of carbonyl (C=O) groups excluding carboxylic acids is 2. The Hall–Kier alpha value is -3.56. The zero-order valence-electron chi connectivity index (χ0n) is 20.8. The van der Waals surface area contributed by atoms with Gasteiger partial charge in [-0.2, -0.15) is 5.10 Å². The monoisotopic (exact) mass is 544 g/mol. The van der Waals surface area contributed by atoms with Crippen LogP contribution in [0.3, 0.4) is 0 Å². The lowest BCUT2D eigenvalue weighted by atomic mass is 9.95. The molecule has 10 heteroatoms. The van der Waals surface area contributed by atoms with Gasteiger partial charge in [0.25, 0.3) is 5.91 Å². The number of thiazole rings is 1. The lowest BCUT2D eigenvalue weighted by Crippen LogP contribution is -2.37. The van der Waals surface area contributed by atoms with Gasteiger partial charge in [-0.3, -0.25) is 14.6 Å². The third kappa shape index (κ3) is 3.84. The zero-order valence-corrected chi connectivity index (χ0v) is 22.3. The molecule has 2 unspecified atom stereocenters. The number of hydrogen-bond acceptors (Lipinski definition) is 6. The van der Waals surface area contributed by atoms with Crippen molar-refractivity contribution in [3.63, 3.8) is 0 Å². The Labute approximate surface area is 228 Å². The summed E-state index contributed by atoms with van der Waals surface area (Å²) in [6.07, 6.45) is 8.49. The molecule has 4 aromatic rings. The van der Waals surface area contributed by atoms with Gasteiger partial charge in [0.1, 0.15) is 0 Å². The molecular formula is C28H25ClN6O2S. The van der Waals surface area contributed by atoms with E-state index in [0.717, 1.165) is 65.3 Å². The number of rotatable bonds is 4. The zero-order chi connectivity index (χ0) is 26.0. The van der Waals surface area contributed by atoms with Gasteiger partial charge < -0.3 is 10.2 Å². The molecular weight excluding hydrogens is 520 g/mol. The highest BCUT2D eigenvalue weighted by atomic mass is 35.5. The average molecular weight is 545 g/mol. The van der Waals surface area contributed by atoms with Crippen molar-refractivity contribution in [2.45, 2.75) is 45.1 Å². The first-order valence-corrected chi connectivity index (χ1v) is 14.1. The molecule has 0 radical (unpaired) electrons. The van der Waals surface area contributed by atoms with E-state index in [1.807, 2.05) is 40.0 Å². The quantitative estimate of drug-likeness (QED) is 0.372. The van der Waals surface area contributed by atoms with E-state index in [-0.39, 0.29) is 11.8 Å². The SMILES string of the molecule is CC(=O)Nc1nc2c(s1)-c1c(c(-c3cccnc3)nn1-c1ccc(C(=O)N3CC4CCC3C4)cc1Cl)CC2. The first-order valence-electron chi connectivity index (χ1n) is 12.9. The fourth-order valence-corrected chi connectivity index (χ4v) is 7.51.